The number of thiocarbonyl (C=S) groups is 1. The van der Waals surface area contributed by atoms with Gasteiger partial charge in [0, 0.05) is 17.6 Å². The third kappa shape index (κ3) is 3.72. The molecule has 4 nitrogen and oxygen atoms in total. The lowest BCUT2D eigenvalue weighted by Crippen LogP contribution is -2.21. The number of nitrogens with zero attached hydrogens (tertiary/aromatic N) is 2. The zero-order valence-electron chi connectivity index (χ0n) is 11.2. The molecule has 0 radical (unpaired) electrons. The fourth-order valence-corrected chi connectivity index (χ4v) is 1.92. The van der Waals surface area contributed by atoms with Crippen LogP contribution in [0.25, 0.3) is 0 Å². The van der Waals surface area contributed by atoms with E-state index in [0.717, 1.165) is 16.9 Å². The Morgan fingerprint density at radius 2 is 1.89 bits per heavy atom. The van der Waals surface area contributed by atoms with Crippen LogP contribution in [0.4, 0.5) is 11.6 Å². The van der Waals surface area contributed by atoms with Crippen molar-refractivity contribution in [3.8, 4) is 0 Å². The minimum atomic E-state index is 0.484. The molecule has 0 spiro atoms. The zero-order valence-corrected chi connectivity index (χ0v) is 12.0. The Kier molecular flexibility index (Phi) is 4.06. The number of aryl methyl sites for hydroxylation is 3. The van der Waals surface area contributed by atoms with Crippen molar-refractivity contribution in [2.75, 3.05) is 10.6 Å². The lowest BCUT2D eigenvalue weighted by atomic mass is 10.1. The van der Waals surface area contributed by atoms with Gasteiger partial charge in [0.05, 0.1) is 0 Å². The second-order valence-corrected chi connectivity index (χ2v) is 4.83. The first-order valence-corrected chi connectivity index (χ1v) is 6.40. The van der Waals surface area contributed by atoms with Gasteiger partial charge in [-0.25, -0.2) is 9.97 Å². The van der Waals surface area contributed by atoms with E-state index in [0.29, 0.717) is 11.1 Å². The minimum absolute atomic E-state index is 0.484. The highest BCUT2D eigenvalue weighted by molar-refractivity contribution is 7.80. The molecule has 0 aliphatic rings. The molecule has 0 unspecified atom stereocenters. The van der Waals surface area contributed by atoms with E-state index < -0.39 is 0 Å². The van der Waals surface area contributed by atoms with Crippen molar-refractivity contribution >= 4 is 29.0 Å². The number of hydrogen-bond acceptors (Lipinski definition) is 3. The Labute approximate surface area is 118 Å². The van der Waals surface area contributed by atoms with Crippen LogP contribution in [-0.4, -0.2) is 15.1 Å². The van der Waals surface area contributed by atoms with Gasteiger partial charge in [-0.3, -0.25) is 0 Å². The number of aromatic nitrogens is 2. The molecule has 2 rings (SSSR count). The van der Waals surface area contributed by atoms with E-state index in [2.05, 4.69) is 33.6 Å². The third-order valence-electron chi connectivity index (χ3n) is 2.65. The lowest BCUT2D eigenvalue weighted by molar-refractivity contribution is 1.11. The minimum Gasteiger partial charge on any atom is -0.332 e. The quantitative estimate of drug-likeness (QED) is 0.822. The number of nitrogens with one attached hydrogen (secondary N) is 2. The molecule has 1 aromatic carbocycles. The molecule has 5 heteroatoms. The molecule has 1 heterocycles. The summed E-state index contributed by atoms with van der Waals surface area (Å²) in [5.41, 5.74) is 4.25. The van der Waals surface area contributed by atoms with Crippen molar-refractivity contribution in [3.05, 3.63) is 47.3 Å². The van der Waals surface area contributed by atoms with Gasteiger partial charge >= 0.3 is 0 Å². The van der Waals surface area contributed by atoms with E-state index in [4.69, 9.17) is 12.2 Å². The maximum Gasteiger partial charge on any atom is 0.229 e. The first-order chi connectivity index (χ1) is 9.04. The topological polar surface area (TPSA) is 49.8 Å². The fourth-order valence-electron chi connectivity index (χ4n) is 1.72. The van der Waals surface area contributed by atoms with Crippen LogP contribution in [0.5, 0.6) is 0 Å². The Morgan fingerprint density at radius 3 is 2.58 bits per heavy atom. The van der Waals surface area contributed by atoms with Crippen LogP contribution in [0, 0.1) is 20.8 Å². The average molecular weight is 272 g/mol. The van der Waals surface area contributed by atoms with Crippen LogP contribution in [0.15, 0.2) is 30.5 Å². The third-order valence-corrected chi connectivity index (χ3v) is 2.85. The van der Waals surface area contributed by atoms with Crippen molar-refractivity contribution in [2.24, 2.45) is 0 Å². The van der Waals surface area contributed by atoms with Crippen molar-refractivity contribution in [3.63, 3.8) is 0 Å². The van der Waals surface area contributed by atoms with Gasteiger partial charge in [0.1, 0.15) is 0 Å². The van der Waals surface area contributed by atoms with Gasteiger partial charge in [0.15, 0.2) is 5.11 Å². The van der Waals surface area contributed by atoms with E-state index in [-0.39, 0.29) is 0 Å². The van der Waals surface area contributed by atoms with E-state index in [1.54, 1.807) is 6.20 Å². The predicted octanol–water partition coefficient (Wildman–Crippen LogP) is 3.21. The van der Waals surface area contributed by atoms with Crippen LogP contribution < -0.4 is 10.6 Å². The van der Waals surface area contributed by atoms with Gasteiger partial charge in [-0.2, -0.15) is 0 Å². The van der Waals surface area contributed by atoms with Crippen molar-refractivity contribution in [1.29, 1.82) is 0 Å². The fraction of sp³-hybridized carbons (Fsp3) is 0.214. The molecular formula is C14H16N4S. The molecule has 0 amide bonds. The van der Waals surface area contributed by atoms with Crippen LogP contribution >= 0.6 is 12.2 Å². The summed E-state index contributed by atoms with van der Waals surface area (Å²) in [6, 6.07) is 8.00. The summed E-state index contributed by atoms with van der Waals surface area (Å²) in [7, 11) is 0. The van der Waals surface area contributed by atoms with Gasteiger partial charge in [-0.15, -0.1) is 0 Å². The highest BCUT2D eigenvalue weighted by atomic mass is 32.1. The van der Waals surface area contributed by atoms with Gasteiger partial charge in [0.25, 0.3) is 0 Å². The highest BCUT2D eigenvalue weighted by Gasteiger charge is 2.03. The summed E-state index contributed by atoms with van der Waals surface area (Å²) in [6.45, 7) is 6.02. The van der Waals surface area contributed by atoms with Crippen molar-refractivity contribution in [1.82, 2.24) is 9.97 Å². The molecule has 0 saturated heterocycles. The van der Waals surface area contributed by atoms with Crippen molar-refractivity contribution in [2.45, 2.75) is 20.8 Å². The summed E-state index contributed by atoms with van der Waals surface area (Å²) in [6.07, 6.45) is 1.70. The molecule has 0 saturated carbocycles. The number of rotatable bonds is 2. The predicted molar refractivity (Wildman–Crippen MR) is 82.5 cm³/mol. The smallest absolute Gasteiger partial charge is 0.229 e. The summed E-state index contributed by atoms with van der Waals surface area (Å²) in [5.74, 6) is 0.502. The summed E-state index contributed by atoms with van der Waals surface area (Å²) < 4.78 is 0. The van der Waals surface area contributed by atoms with E-state index in [9.17, 15) is 0 Å². The van der Waals surface area contributed by atoms with Crippen LogP contribution in [-0.2, 0) is 0 Å². The Hall–Kier alpha value is -2.01. The summed E-state index contributed by atoms with van der Waals surface area (Å²) >= 11 is 5.25. The van der Waals surface area contributed by atoms with E-state index in [1.165, 1.54) is 5.56 Å². The molecule has 19 heavy (non-hydrogen) atoms. The molecular weight excluding hydrogens is 256 g/mol. The Bertz CT molecular complexity index is 610. The van der Waals surface area contributed by atoms with Crippen LogP contribution in [0.2, 0.25) is 0 Å². The molecule has 0 atom stereocenters. The number of hydrogen-bond donors (Lipinski definition) is 2. The molecule has 0 bridgehead atoms. The molecule has 1 aromatic heterocycles. The van der Waals surface area contributed by atoms with Gasteiger partial charge in [0.2, 0.25) is 5.95 Å². The van der Waals surface area contributed by atoms with E-state index in [1.807, 2.05) is 32.0 Å². The lowest BCUT2D eigenvalue weighted by Gasteiger charge is -2.12. The second kappa shape index (κ2) is 5.75. The van der Waals surface area contributed by atoms with Gasteiger partial charge in [-0.1, -0.05) is 17.7 Å². The largest absolute Gasteiger partial charge is 0.332 e. The molecule has 0 aliphatic carbocycles. The summed E-state index contributed by atoms with van der Waals surface area (Å²) in [5, 5.41) is 6.60. The Morgan fingerprint density at radius 1 is 1.11 bits per heavy atom. The average Bonchev–Trinajstić information content (AvgIpc) is 2.33. The normalized spacial score (nSPS) is 10.1. The monoisotopic (exact) mass is 272 g/mol. The second-order valence-electron chi connectivity index (χ2n) is 4.42. The van der Waals surface area contributed by atoms with E-state index >= 15 is 0 Å². The maximum atomic E-state index is 5.25. The maximum absolute atomic E-state index is 5.25. The summed E-state index contributed by atoms with van der Waals surface area (Å²) in [4.78, 5) is 8.35. The van der Waals surface area contributed by atoms with Crippen molar-refractivity contribution < 1.29 is 0 Å². The molecule has 2 N–H and O–H groups in total. The van der Waals surface area contributed by atoms with Gasteiger partial charge < -0.3 is 10.6 Å². The first-order valence-electron chi connectivity index (χ1n) is 5.99. The molecule has 98 valence electrons. The highest BCUT2D eigenvalue weighted by Crippen LogP contribution is 2.16. The standard InChI is InChI=1S/C14H16N4S/c1-9-4-5-12(10(2)8-9)17-14(19)18-13-15-7-6-11(3)16-13/h4-8H,1-3H3,(H2,15,16,17,18,19). The molecule has 0 fully saturated rings. The number of anilines is 2. The zero-order chi connectivity index (χ0) is 13.8. The Balaban J connectivity index is 2.05. The molecule has 0 aliphatic heterocycles. The van der Waals surface area contributed by atoms with Gasteiger partial charge in [-0.05, 0) is 50.7 Å². The first kappa shape index (κ1) is 13.4. The van der Waals surface area contributed by atoms with Crippen LogP contribution in [0.1, 0.15) is 16.8 Å². The molecule has 2 aromatic rings. The number of benzene rings is 1. The van der Waals surface area contributed by atoms with Crippen LogP contribution in [0.3, 0.4) is 0 Å². The SMILES string of the molecule is Cc1ccc(NC(=S)Nc2nccc(C)n2)c(C)c1.